The number of hydrogen-bond acceptors (Lipinski definition) is 0. The standard InChI is InChI=1S/C4H5N.HI.Mg.2H/c1-2-4-5-3-1;;;;/h1-5H;1H;;;. The molecule has 0 spiro atoms. The van der Waals surface area contributed by atoms with Crippen molar-refractivity contribution < 1.29 is 0 Å². The van der Waals surface area contributed by atoms with Gasteiger partial charge in [0.05, 0.1) is 0 Å². The molecule has 3 heteroatoms. The van der Waals surface area contributed by atoms with Gasteiger partial charge in [-0.3, -0.25) is 0 Å². The maximum absolute atomic E-state index is 2.86. The molecule has 1 heterocycles. The minimum Gasteiger partial charge on any atom is -0.368 e. The normalized spacial score (nSPS) is 5.71. The molecule has 0 bridgehead atoms. The topological polar surface area (TPSA) is 15.8 Å². The van der Waals surface area contributed by atoms with Gasteiger partial charge in [-0.15, -0.1) is 24.0 Å². The summed E-state index contributed by atoms with van der Waals surface area (Å²) >= 11 is 0. The van der Waals surface area contributed by atoms with Crippen LogP contribution in [0.5, 0.6) is 0 Å². The van der Waals surface area contributed by atoms with Crippen molar-refractivity contribution in [1.29, 1.82) is 0 Å². The van der Waals surface area contributed by atoms with E-state index in [1.54, 1.807) is 0 Å². The third-order valence-corrected chi connectivity index (χ3v) is 0.496. The first-order chi connectivity index (χ1) is 2.50. The number of rotatable bonds is 0. The Labute approximate surface area is 76.1 Å². The average Bonchev–Trinajstić information content (AvgIpc) is 1.76. The Morgan fingerprint density at radius 3 is 1.57 bits per heavy atom. The molecule has 0 fully saturated rings. The van der Waals surface area contributed by atoms with Crippen molar-refractivity contribution >= 4 is 47.0 Å². The second kappa shape index (κ2) is 6.78. The Morgan fingerprint density at radius 2 is 1.43 bits per heavy atom. The Kier molecular flexibility index (Phi) is 10.4. The van der Waals surface area contributed by atoms with Crippen molar-refractivity contribution in [2.75, 3.05) is 0 Å². The molecule has 1 aromatic heterocycles. The fraction of sp³-hybridized carbons (Fsp3) is 0. The third kappa shape index (κ3) is 4.63. The van der Waals surface area contributed by atoms with E-state index < -0.39 is 0 Å². The first kappa shape index (κ1) is 10.7. The van der Waals surface area contributed by atoms with Crippen molar-refractivity contribution in [2.24, 2.45) is 0 Å². The lowest BCUT2D eigenvalue weighted by Gasteiger charge is -1.49. The summed E-state index contributed by atoms with van der Waals surface area (Å²) in [5.74, 6) is 0. The summed E-state index contributed by atoms with van der Waals surface area (Å²) < 4.78 is 0. The highest BCUT2D eigenvalue weighted by Crippen LogP contribution is 1.72. The number of halogens is 1. The van der Waals surface area contributed by atoms with Crippen LogP contribution in [-0.4, -0.2) is 28.0 Å². The van der Waals surface area contributed by atoms with Crippen LogP contribution in [0.3, 0.4) is 0 Å². The summed E-state index contributed by atoms with van der Waals surface area (Å²) in [6.07, 6.45) is 3.75. The lowest BCUT2D eigenvalue weighted by molar-refractivity contribution is 1.42. The van der Waals surface area contributed by atoms with Gasteiger partial charge in [-0.05, 0) is 12.1 Å². The predicted molar refractivity (Wildman–Crippen MR) is 44.8 cm³/mol. The predicted octanol–water partition coefficient (Wildman–Crippen LogP) is 0.717. The van der Waals surface area contributed by atoms with E-state index in [9.17, 15) is 0 Å². The zero-order valence-electron chi connectivity index (χ0n) is 3.22. The van der Waals surface area contributed by atoms with E-state index in [1.807, 2.05) is 24.5 Å². The van der Waals surface area contributed by atoms with Crippen LogP contribution in [0, 0.1) is 0 Å². The Morgan fingerprint density at radius 1 is 1.00 bits per heavy atom. The zero-order chi connectivity index (χ0) is 3.54. The average molecular weight is 221 g/mol. The largest absolute Gasteiger partial charge is 0.368 e. The summed E-state index contributed by atoms with van der Waals surface area (Å²) in [6.45, 7) is 0. The molecule has 1 rings (SSSR count). The van der Waals surface area contributed by atoms with Crippen LogP contribution in [0.15, 0.2) is 24.5 Å². The molecule has 0 radical (unpaired) electrons. The Hall–Kier alpha value is 0.776. The second-order valence-corrected chi connectivity index (χ2v) is 0.885. The summed E-state index contributed by atoms with van der Waals surface area (Å²) in [5, 5.41) is 0. The molecular formula is C4H8IMgN. The van der Waals surface area contributed by atoms with Crippen LogP contribution in [-0.2, 0) is 0 Å². The van der Waals surface area contributed by atoms with Crippen LogP contribution < -0.4 is 0 Å². The smallest absolute Gasteiger partial charge is 0.316 e. The van der Waals surface area contributed by atoms with E-state index in [0.717, 1.165) is 0 Å². The van der Waals surface area contributed by atoms with Gasteiger partial charge >= 0.3 is 23.1 Å². The Balaban J connectivity index is 0. The Bertz CT molecular complexity index is 68.2. The molecular weight excluding hydrogens is 213 g/mol. The number of aromatic amines is 1. The molecule has 1 aromatic rings. The number of hydrogen-bond donors (Lipinski definition) is 1. The van der Waals surface area contributed by atoms with Gasteiger partial charge < -0.3 is 4.98 Å². The van der Waals surface area contributed by atoms with Crippen LogP contribution in [0.2, 0.25) is 0 Å². The highest BCUT2D eigenvalue weighted by Gasteiger charge is 1.55. The van der Waals surface area contributed by atoms with Gasteiger partial charge in [0.15, 0.2) is 0 Å². The second-order valence-electron chi connectivity index (χ2n) is 0.885. The van der Waals surface area contributed by atoms with Gasteiger partial charge in [0.2, 0.25) is 0 Å². The van der Waals surface area contributed by atoms with Gasteiger partial charge in [0.25, 0.3) is 0 Å². The van der Waals surface area contributed by atoms with Crippen molar-refractivity contribution in [3.63, 3.8) is 0 Å². The van der Waals surface area contributed by atoms with Crippen molar-refractivity contribution in [2.45, 2.75) is 0 Å². The quantitative estimate of drug-likeness (QED) is 0.491. The third-order valence-electron chi connectivity index (χ3n) is 0.496. The number of nitrogens with one attached hydrogen (secondary N) is 1. The summed E-state index contributed by atoms with van der Waals surface area (Å²) in [5.41, 5.74) is 0. The SMILES string of the molecule is I.[MgH2].c1cc[nH]c1. The van der Waals surface area contributed by atoms with E-state index in [4.69, 9.17) is 0 Å². The first-order valence-electron chi connectivity index (χ1n) is 1.58. The van der Waals surface area contributed by atoms with Gasteiger partial charge in [0.1, 0.15) is 0 Å². The lowest BCUT2D eigenvalue weighted by Crippen LogP contribution is -1.38. The van der Waals surface area contributed by atoms with Crippen molar-refractivity contribution in [3.05, 3.63) is 24.5 Å². The molecule has 7 heavy (non-hydrogen) atoms. The highest BCUT2D eigenvalue weighted by molar-refractivity contribution is 14.0. The number of aromatic nitrogens is 1. The molecule has 1 nitrogen and oxygen atoms in total. The van der Waals surface area contributed by atoms with Gasteiger partial charge in [-0.2, -0.15) is 0 Å². The highest BCUT2D eigenvalue weighted by atomic mass is 127. The van der Waals surface area contributed by atoms with Crippen LogP contribution in [0.1, 0.15) is 0 Å². The summed E-state index contributed by atoms with van der Waals surface area (Å²) in [6, 6.07) is 3.89. The van der Waals surface area contributed by atoms with Crippen molar-refractivity contribution in [3.8, 4) is 0 Å². The molecule has 0 aliphatic rings. The molecule has 0 saturated carbocycles. The molecule has 0 aliphatic carbocycles. The van der Waals surface area contributed by atoms with E-state index in [-0.39, 0.29) is 47.0 Å². The monoisotopic (exact) mass is 221 g/mol. The van der Waals surface area contributed by atoms with Gasteiger partial charge in [-0.25, -0.2) is 0 Å². The lowest BCUT2D eigenvalue weighted by atomic mass is 10.7. The summed E-state index contributed by atoms with van der Waals surface area (Å²) in [7, 11) is 0. The first-order valence-corrected chi connectivity index (χ1v) is 1.58. The molecule has 1 N–H and O–H groups in total. The zero-order valence-corrected chi connectivity index (χ0v) is 5.55. The molecule has 0 saturated heterocycles. The summed E-state index contributed by atoms with van der Waals surface area (Å²) in [4.78, 5) is 2.86. The minimum atomic E-state index is 0. The van der Waals surface area contributed by atoms with Gasteiger partial charge in [-0.1, -0.05) is 0 Å². The van der Waals surface area contributed by atoms with E-state index >= 15 is 0 Å². The number of H-pyrrole nitrogens is 1. The fourth-order valence-electron chi connectivity index (χ4n) is 0.278. The molecule has 0 atom stereocenters. The van der Waals surface area contributed by atoms with E-state index in [1.165, 1.54) is 0 Å². The van der Waals surface area contributed by atoms with Crippen LogP contribution in [0.25, 0.3) is 0 Å². The molecule has 38 valence electrons. The maximum atomic E-state index is 2.86. The molecule has 0 aromatic carbocycles. The van der Waals surface area contributed by atoms with E-state index in [0.29, 0.717) is 0 Å². The minimum absolute atomic E-state index is 0. The fourth-order valence-corrected chi connectivity index (χ4v) is 0.278. The van der Waals surface area contributed by atoms with Crippen LogP contribution >= 0.6 is 24.0 Å². The van der Waals surface area contributed by atoms with Crippen LogP contribution in [0.4, 0.5) is 0 Å². The van der Waals surface area contributed by atoms with E-state index in [2.05, 4.69) is 4.98 Å². The molecule has 0 amide bonds. The molecule has 0 aliphatic heterocycles. The molecule has 0 unspecified atom stereocenters. The van der Waals surface area contributed by atoms with Crippen molar-refractivity contribution in [1.82, 2.24) is 4.98 Å². The maximum Gasteiger partial charge on any atom is 0.316 e. The van der Waals surface area contributed by atoms with Gasteiger partial charge in [0, 0.05) is 12.4 Å².